The number of halogens is 1. The van der Waals surface area contributed by atoms with Crippen LogP contribution >= 0.6 is 11.6 Å². The zero-order valence-corrected chi connectivity index (χ0v) is 14.1. The van der Waals surface area contributed by atoms with Gasteiger partial charge in [0.2, 0.25) is 0 Å². The van der Waals surface area contributed by atoms with Crippen molar-refractivity contribution < 1.29 is 9.90 Å². The summed E-state index contributed by atoms with van der Waals surface area (Å²) in [5.41, 5.74) is 2.75. The molecule has 0 amide bonds. The smallest absolute Gasteiger partial charge is 0.335 e. The molecule has 6 nitrogen and oxygen atoms in total. The normalized spacial score (nSPS) is 10.3. The summed E-state index contributed by atoms with van der Waals surface area (Å²) in [6.45, 7) is 1.93. The number of carboxylic acid groups (broad SMARTS) is 1. The molecule has 0 aliphatic carbocycles. The summed E-state index contributed by atoms with van der Waals surface area (Å²) in [4.78, 5) is 19.3. The van der Waals surface area contributed by atoms with Crippen LogP contribution in [0.15, 0.2) is 54.9 Å². The summed E-state index contributed by atoms with van der Waals surface area (Å²) >= 11 is 6.13. The fraction of sp³-hybridized carbons (Fsp3) is 0.0556. The molecule has 0 fully saturated rings. The average molecular weight is 355 g/mol. The van der Waals surface area contributed by atoms with Crippen molar-refractivity contribution in [3.63, 3.8) is 0 Å². The molecule has 0 bridgehead atoms. The number of aromatic nitrogens is 2. The topological polar surface area (TPSA) is 87.1 Å². The van der Waals surface area contributed by atoms with Crippen LogP contribution in [0, 0.1) is 6.92 Å². The standard InChI is InChI=1S/C18H15ClN4O2/c1-11-14(19)3-2-4-15(11)23-17-9-16(20-10-21-17)22-13-7-5-12(6-8-13)18(24)25/h2-10H,1H3,(H,24,25)(H2,20,21,22,23). The van der Waals surface area contributed by atoms with Gasteiger partial charge in [0.05, 0.1) is 5.56 Å². The molecular formula is C18H15ClN4O2. The molecule has 3 aromatic rings. The van der Waals surface area contributed by atoms with Gasteiger partial charge < -0.3 is 15.7 Å². The molecule has 0 spiro atoms. The van der Waals surface area contributed by atoms with Crippen molar-refractivity contribution >= 4 is 40.6 Å². The largest absolute Gasteiger partial charge is 0.478 e. The lowest BCUT2D eigenvalue weighted by Crippen LogP contribution is -2.00. The molecule has 0 unspecified atom stereocenters. The van der Waals surface area contributed by atoms with Gasteiger partial charge in [-0.15, -0.1) is 0 Å². The van der Waals surface area contributed by atoms with E-state index in [-0.39, 0.29) is 5.56 Å². The highest BCUT2D eigenvalue weighted by Gasteiger charge is 2.06. The van der Waals surface area contributed by atoms with Gasteiger partial charge in [-0.1, -0.05) is 17.7 Å². The van der Waals surface area contributed by atoms with Crippen LogP contribution in [-0.4, -0.2) is 21.0 Å². The third kappa shape index (κ3) is 4.05. The SMILES string of the molecule is Cc1c(Cl)cccc1Nc1cc(Nc2ccc(C(=O)O)cc2)ncn1. The quantitative estimate of drug-likeness (QED) is 0.619. The van der Waals surface area contributed by atoms with Gasteiger partial charge in [0.15, 0.2) is 0 Å². The number of rotatable bonds is 5. The van der Waals surface area contributed by atoms with Gasteiger partial charge in [-0.25, -0.2) is 14.8 Å². The second-order valence-corrected chi connectivity index (χ2v) is 5.74. The maximum atomic E-state index is 10.9. The van der Waals surface area contributed by atoms with Crippen molar-refractivity contribution in [3.8, 4) is 0 Å². The first-order valence-electron chi connectivity index (χ1n) is 7.47. The molecule has 2 aromatic carbocycles. The molecule has 0 aliphatic rings. The number of hydrogen-bond donors (Lipinski definition) is 3. The highest BCUT2D eigenvalue weighted by Crippen LogP contribution is 2.26. The zero-order chi connectivity index (χ0) is 17.8. The fourth-order valence-electron chi connectivity index (χ4n) is 2.22. The number of hydrogen-bond acceptors (Lipinski definition) is 5. The van der Waals surface area contributed by atoms with E-state index in [4.69, 9.17) is 16.7 Å². The zero-order valence-electron chi connectivity index (χ0n) is 13.3. The predicted molar refractivity (Wildman–Crippen MR) is 98.2 cm³/mol. The second kappa shape index (κ2) is 7.19. The number of carbonyl (C=O) groups is 1. The van der Waals surface area contributed by atoms with E-state index >= 15 is 0 Å². The van der Waals surface area contributed by atoms with Gasteiger partial charge in [0.1, 0.15) is 18.0 Å². The summed E-state index contributed by atoms with van der Waals surface area (Å²) in [5, 5.41) is 15.9. The minimum Gasteiger partial charge on any atom is -0.478 e. The first kappa shape index (κ1) is 16.7. The van der Waals surface area contributed by atoms with Crippen LogP contribution in [0.5, 0.6) is 0 Å². The maximum absolute atomic E-state index is 10.9. The summed E-state index contributed by atoms with van der Waals surface area (Å²) in [7, 11) is 0. The molecule has 3 rings (SSSR count). The Morgan fingerprint density at radius 3 is 2.40 bits per heavy atom. The Labute approximate surface area is 149 Å². The molecular weight excluding hydrogens is 340 g/mol. The van der Waals surface area contributed by atoms with Gasteiger partial charge in [0.25, 0.3) is 0 Å². The number of aromatic carboxylic acids is 1. The molecule has 0 saturated heterocycles. The fourth-order valence-corrected chi connectivity index (χ4v) is 2.39. The van der Waals surface area contributed by atoms with Crippen LogP contribution in [0.4, 0.5) is 23.0 Å². The van der Waals surface area contributed by atoms with Crippen molar-refractivity contribution in [1.82, 2.24) is 9.97 Å². The minimum atomic E-state index is -0.961. The molecule has 0 aliphatic heterocycles. The van der Waals surface area contributed by atoms with Crippen molar-refractivity contribution in [2.75, 3.05) is 10.6 Å². The van der Waals surface area contributed by atoms with E-state index in [0.717, 1.165) is 16.9 Å². The lowest BCUT2D eigenvalue weighted by atomic mass is 10.2. The summed E-state index contributed by atoms with van der Waals surface area (Å²) in [6, 6.07) is 13.8. The first-order chi connectivity index (χ1) is 12.0. The van der Waals surface area contributed by atoms with E-state index in [1.807, 2.05) is 25.1 Å². The van der Waals surface area contributed by atoms with Gasteiger partial charge >= 0.3 is 5.97 Å². The molecule has 3 N–H and O–H groups in total. The van der Waals surface area contributed by atoms with Crippen LogP contribution in [0.2, 0.25) is 5.02 Å². The average Bonchev–Trinajstić information content (AvgIpc) is 2.60. The monoisotopic (exact) mass is 354 g/mol. The molecule has 1 heterocycles. The molecule has 1 aromatic heterocycles. The Kier molecular flexibility index (Phi) is 4.81. The van der Waals surface area contributed by atoms with Crippen LogP contribution in [-0.2, 0) is 0 Å². The predicted octanol–water partition coefficient (Wildman–Crippen LogP) is 4.62. The summed E-state index contributed by atoms with van der Waals surface area (Å²) in [6.07, 6.45) is 1.44. The van der Waals surface area contributed by atoms with Crippen LogP contribution in [0.25, 0.3) is 0 Å². The lowest BCUT2D eigenvalue weighted by Gasteiger charge is -2.11. The van der Waals surface area contributed by atoms with Crippen molar-refractivity contribution in [1.29, 1.82) is 0 Å². The highest BCUT2D eigenvalue weighted by molar-refractivity contribution is 6.31. The van der Waals surface area contributed by atoms with Crippen molar-refractivity contribution in [2.45, 2.75) is 6.92 Å². The minimum absolute atomic E-state index is 0.229. The van der Waals surface area contributed by atoms with E-state index in [2.05, 4.69) is 20.6 Å². The van der Waals surface area contributed by atoms with E-state index in [1.165, 1.54) is 18.5 Å². The Bertz CT molecular complexity index is 913. The first-order valence-corrected chi connectivity index (χ1v) is 7.85. The molecule has 7 heteroatoms. The van der Waals surface area contributed by atoms with Crippen LogP contribution < -0.4 is 10.6 Å². The van der Waals surface area contributed by atoms with Crippen LogP contribution in [0.3, 0.4) is 0 Å². The number of nitrogens with one attached hydrogen (secondary N) is 2. The summed E-state index contributed by atoms with van der Waals surface area (Å²) in [5.74, 6) is 0.238. The second-order valence-electron chi connectivity index (χ2n) is 5.33. The van der Waals surface area contributed by atoms with E-state index in [9.17, 15) is 4.79 Å². The Hall–Kier alpha value is -3.12. The molecule has 0 atom stereocenters. The third-order valence-electron chi connectivity index (χ3n) is 3.60. The van der Waals surface area contributed by atoms with E-state index in [0.29, 0.717) is 16.7 Å². The van der Waals surface area contributed by atoms with Crippen molar-refractivity contribution in [2.24, 2.45) is 0 Å². The molecule has 0 radical (unpaired) electrons. The number of benzene rings is 2. The number of nitrogens with zero attached hydrogens (tertiary/aromatic N) is 2. The van der Waals surface area contributed by atoms with Gasteiger partial charge in [-0.05, 0) is 48.9 Å². The Balaban J connectivity index is 1.77. The van der Waals surface area contributed by atoms with E-state index in [1.54, 1.807) is 18.2 Å². The van der Waals surface area contributed by atoms with Crippen molar-refractivity contribution in [3.05, 3.63) is 71.0 Å². The maximum Gasteiger partial charge on any atom is 0.335 e. The Morgan fingerprint density at radius 1 is 1.04 bits per heavy atom. The van der Waals surface area contributed by atoms with Gasteiger partial charge in [-0.3, -0.25) is 0 Å². The Morgan fingerprint density at radius 2 is 1.72 bits per heavy atom. The molecule has 0 saturated carbocycles. The van der Waals surface area contributed by atoms with Gasteiger partial charge in [-0.2, -0.15) is 0 Å². The van der Waals surface area contributed by atoms with Gasteiger partial charge in [0, 0.05) is 22.5 Å². The third-order valence-corrected chi connectivity index (χ3v) is 4.01. The van der Waals surface area contributed by atoms with E-state index < -0.39 is 5.97 Å². The van der Waals surface area contributed by atoms with Crippen LogP contribution in [0.1, 0.15) is 15.9 Å². The summed E-state index contributed by atoms with van der Waals surface area (Å²) < 4.78 is 0. The number of anilines is 4. The highest BCUT2D eigenvalue weighted by atomic mass is 35.5. The molecule has 25 heavy (non-hydrogen) atoms. The lowest BCUT2D eigenvalue weighted by molar-refractivity contribution is 0.0697. The molecule has 126 valence electrons. The number of carboxylic acids is 1.